The maximum atomic E-state index is 12.3. The van der Waals surface area contributed by atoms with Crippen molar-refractivity contribution in [3.05, 3.63) is 68.1 Å². The molecule has 0 N–H and O–H groups in total. The standard InChI is InChI=1S/C15H9Br2NO2/c16-10-3-1-9(2-4-10)8-18-14(19)12-6-5-11(17)7-13(12)15(18)20/h1-7H,8H2. The van der Waals surface area contributed by atoms with Crippen LogP contribution in [0.1, 0.15) is 26.3 Å². The molecule has 100 valence electrons. The van der Waals surface area contributed by atoms with Crippen molar-refractivity contribution in [2.75, 3.05) is 0 Å². The van der Waals surface area contributed by atoms with Crippen LogP contribution >= 0.6 is 31.9 Å². The third-order valence-corrected chi connectivity index (χ3v) is 4.21. The highest BCUT2D eigenvalue weighted by Crippen LogP contribution is 2.27. The monoisotopic (exact) mass is 393 g/mol. The Hall–Kier alpha value is -1.46. The molecule has 1 aliphatic rings. The lowest BCUT2D eigenvalue weighted by molar-refractivity contribution is 0.0642. The second-order valence-corrected chi connectivity index (χ2v) is 6.34. The molecule has 0 saturated carbocycles. The number of halogens is 2. The summed E-state index contributed by atoms with van der Waals surface area (Å²) in [6.07, 6.45) is 0. The SMILES string of the molecule is O=C1c2ccc(Br)cc2C(=O)N1Cc1ccc(Br)cc1. The van der Waals surface area contributed by atoms with Crippen LogP contribution in [0.2, 0.25) is 0 Å². The van der Waals surface area contributed by atoms with Crippen molar-refractivity contribution >= 4 is 43.7 Å². The fraction of sp³-hybridized carbons (Fsp3) is 0.0667. The number of hydrogen-bond donors (Lipinski definition) is 0. The van der Waals surface area contributed by atoms with Crippen molar-refractivity contribution < 1.29 is 9.59 Å². The first-order chi connectivity index (χ1) is 9.56. The summed E-state index contributed by atoms with van der Waals surface area (Å²) in [6.45, 7) is 0.289. The van der Waals surface area contributed by atoms with Crippen LogP contribution in [0.3, 0.4) is 0 Å². The van der Waals surface area contributed by atoms with Crippen molar-refractivity contribution in [1.29, 1.82) is 0 Å². The number of imide groups is 1. The van der Waals surface area contributed by atoms with Gasteiger partial charge >= 0.3 is 0 Å². The lowest BCUT2D eigenvalue weighted by Crippen LogP contribution is -2.29. The van der Waals surface area contributed by atoms with Crippen LogP contribution < -0.4 is 0 Å². The number of hydrogen-bond acceptors (Lipinski definition) is 2. The minimum atomic E-state index is -0.241. The van der Waals surface area contributed by atoms with Crippen LogP contribution in [0.4, 0.5) is 0 Å². The Balaban J connectivity index is 1.91. The summed E-state index contributed by atoms with van der Waals surface area (Å²) in [7, 11) is 0. The predicted octanol–water partition coefficient (Wildman–Crippen LogP) is 4.01. The molecule has 0 bridgehead atoms. The van der Waals surface area contributed by atoms with E-state index in [1.165, 1.54) is 4.90 Å². The zero-order valence-electron chi connectivity index (χ0n) is 10.3. The Morgan fingerprint density at radius 1 is 0.800 bits per heavy atom. The summed E-state index contributed by atoms with van der Waals surface area (Å²) in [5.41, 5.74) is 1.85. The Labute approximate surface area is 132 Å². The van der Waals surface area contributed by atoms with Gasteiger partial charge in [-0.15, -0.1) is 0 Å². The summed E-state index contributed by atoms with van der Waals surface area (Å²) in [5, 5.41) is 0. The normalized spacial score (nSPS) is 13.8. The van der Waals surface area contributed by atoms with Crippen molar-refractivity contribution in [2.45, 2.75) is 6.54 Å². The van der Waals surface area contributed by atoms with E-state index in [9.17, 15) is 9.59 Å². The zero-order chi connectivity index (χ0) is 14.3. The predicted molar refractivity (Wildman–Crippen MR) is 82.5 cm³/mol. The third-order valence-electron chi connectivity index (χ3n) is 3.19. The van der Waals surface area contributed by atoms with Crippen LogP contribution in [0.25, 0.3) is 0 Å². The maximum absolute atomic E-state index is 12.3. The Morgan fingerprint density at radius 2 is 1.40 bits per heavy atom. The Bertz CT molecular complexity index is 710. The smallest absolute Gasteiger partial charge is 0.261 e. The molecule has 2 aromatic carbocycles. The third kappa shape index (κ3) is 2.31. The average Bonchev–Trinajstić information content (AvgIpc) is 2.66. The topological polar surface area (TPSA) is 37.4 Å². The summed E-state index contributed by atoms with van der Waals surface area (Å²) < 4.78 is 1.76. The van der Waals surface area contributed by atoms with Crippen molar-refractivity contribution in [1.82, 2.24) is 4.90 Å². The first kappa shape index (κ1) is 13.5. The zero-order valence-corrected chi connectivity index (χ0v) is 13.4. The fourth-order valence-corrected chi connectivity index (χ4v) is 2.80. The average molecular weight is 395 g/mol. The molecular formula is C15H9Br2NO2. The molecule has 0 saturated heterocycles. The van der Waals surface area contributed by atoms with Gasteiger partial charge in [-0.3, -0.25) is 14.5 Å². The Morgan fingerprint density at radius 3 is 2.10 bits per heavy atom. The molecule has 0 fully saturated rings. The van der Waals surface area contributed by atoms with Gasteiger partial charge in [0.15, 0.2) is 0 Å². The first-order valence-electron chi connectivity index (χ1n) is 5.96. The van der Waals surface area contributed by atoms with Gasteiger partial charge in [0.1, 0.15) is 0 Å². The lowest BCUT2D eigenvalue weighted by Gasteiger charge is -2.13. The highest BCUT2D eigenvalue weighted by Gasteiger charge is 2.35. The van der Waals surface area contributed by atoms with E-state index in [1.807, 2.05) is 24.3 Å². The number of carbonyl (C=O) groups excluding carboxylic acids is 2. The molecule has 5 heteroatoms. The lowest BCUT2D eigenvalue weighted by atomic mass is 10.1. The molecule has 2 amide bonds. The van der Waals surface area contributed by atoms with Gasteiger partial charge in [0.25, 0.3) is 11.8 Å². The fourth-order valence-electron chi connectivity index (χ4n) is 2.18. The van der Waals surface area contributed by atoms with Gasteiger partial charge in [0.05, 0.1) is 17.7 Å². The molecule has 0 spiro atoms. The Kier molecular flexibility index (Phi) is 3.48. The van der Waals surface area contributed by atoms with Crippen LogP contribution in [-0.4, -0.2) is 16.7 Å². The van der Waals surface area contributed by atoms with Crippen molar-refractivity contribution in [2.24, 2.45) is 0 Å². The van der Waals surface area contributed by atoms with Gasteiger partial charge in [-0.2, -0.15) is 0 Å². The second kappa shape index (κ2) is 5.14. The number of nitrogens with zero attached hydrogens (tertiary/aromatic N) is 1. The molecule has 3 rings (SSSR count). The van der Waals surface area contributed by atoms with Crippen LogP contribution in [0, 0.1) is 0 Å². The van der Waals surface area contributed by atoms with Gasteiger partial charge in [-0.1, -0.05) is 44.0 Å². The summed E-state index contributed by atoms with van der Waals surface area (Å²) in [5.74, 6) is -0.477. The minimum Gasteiger partial charge on any atom is -0.270 e. The number of carbonyl (C=O) groups is 2. The van der Waals surface area contributed by atoms with Gasteiger partial charge < -0.3 is 0 Å². The minimum absolute atomic E-state index is 0.236. The van der Waals surface area contributed by atoms with E-state index < -0.39 is 0 Å². The molecular weight excluding hydrogens is 386 g/mol. The van der Waals surface area contributed by atoms with Crippen LogP contribution in [0.5, 0.6) is 0 Å². The summed E-state index contributed by atoms with van der Waals surface area (Å²) in [4.78, 5) is 25.9. The van der Waals surface area contributed by atoms with Crippen LogP contribution in [-0.2, 0) is 6.54 Å². The van der Waals surface area contributed by atoms with Crippen molar-refractivity contribution in [3.8, 4) is 0 Å². The van der Waals surface area contributed by atoms with Gasteiger partial charge in [-0.25, -0.2) is 0 Å². The van der Waals surface area contributed by atoms with E-state index >= 15 is 0 Å². The number of fused-ring (bicyclic) bond motifs is 1. The highest BCUT2D eigenvalue weighted by molar-refractivity contribution is 9.10. The van der Waals surface area contributed by atoms with Gasteiger partial charge in [-0.05, 0) is 35.9 Å². The second-order valence-electron chi connectivity index (χ2n) is 4.51. The van der Waals surface area contributed by atoms with Crippen molar-refractivity contribution in [3.63, 3.8) is 0 Å². The molecule has 0 aliphatic carbocycles. The molecule has 20 heavy (non-hydrogen) atoms. The molecule has 0 aromatic heterocycles. The molecule has 2 aromatic rings. The van der Waals surface area contributed by atoms with E-state index in [0.29, 0.717) is 11.1 Å². The van der Waals surface area contributed by atoms with Gasteiger partial charge in [0, 0.05) is 8.95 Å². The van der Waals surface area contributed by atoms with Crippen LogP contribution in [0.15, 0.2) is 51.4 Å². The molecule has 1 aliphatic heterocycles. The van der Waals surface area contributed by atoms with E-state index in [0.717, 1.165) is 14.5 Å². The van der Waals surface area contributed by atoms with E-state index in [1.54, 1.807) is 18.2 Å². The number of benzene rings is 2. The highest BCUT2D eigenvalue weighted by atomic mass is 79.9. The number of amides is 2. The molecule has 1 heterocycles. The summed E-state index contributed by atoms with van der Waals surface area (Å²) in [6, 6.07) is 12.7. The summed E-state index contributed by atoms with van der Waals surface area (Å²) >= 11 is 6.68. The largest absolute Gasteiger partial charge is 0.270 e. The maximum Gasteiger partial charge on any atom is 0.261 e. The molecule has 0 atom stereocenters. The molecule has 0 radical (unpaired) electrons. The van der Waals surface area contributed by atoms with E-state index in [-0.39, 0.29) is 18.4 Å². The van der Waals surface area contributed by atoms with E-state index in [2.05, 4.69) is 31.9 Å². The number of rotatable bonds is 2. The first-order valence-corrected chi connectivity index (χ1v) is 7.55. The molecule has 3 nitrogen and oxygen atoms in total. The van der Waals surface area contributed by atoms with Gasteiger partial charge in [0.2, 0.25) is 0 Å². The quantitative estimate of drug-likeness (QED) is 0.721. The molecule has 0 unspecified atom stereocenters. The van der Waals surface area contributed by atoms with E-state index in [4.69, 9.17) is 0 Å².